The number of nitrogens with zero attached hydrogens (tertiary/aromatic N) is 2. The number of likely N-dealkylation sites (N-methyl/N-ethyl adjacent to an activating group) is 1. The number of fused-ring (bicyclic) bond motifs is 2. The summed E-state index contributed by atoms with van der Waals surface area (Å²) in [5.41, 5.74) is 5.61. The highest BCUT2D eigenvalue weighted by Crippen LogP contribution is 2.32. The molecule has 1 aliphatic carbocycles. The van der Waals surface area contributed by atoms with Gasteiger partial charge in [0.05, 0.1) is 11.3 Å². The number of anilines is 1. The smallest absolute Gasteiger partial charge is 0.258 e. The Balaban J connectivity index is 1.57. The van der Waals surface area contributed by atoms with E-state index in [-0.39, 0.29) is 5.56 Å². The first-order chi connectivity index (χ1) is 13.2. The molecule has 1 aromatic heterocycles. The molecule has 0 spiro atoms. The van der Waals surface area contributed by atoms with Gasteiger partial charge in [-0.2, -0.15) is 0 Å². The summed E-state index contributed by atoms with van der Waals surface area (Å²) < 4.78 is 0. The van der Waals surface area contributed by atoms with E-state index < -0.39 is 0 Å². The number of nitrogens with one attached hydrogen (secondary N) is 2. The van der Waals surface area contributed by atoms with Gasteiger partial charge in [0.25, 0.3) is 5.56 Å². The van der Waals surface area contributed by atoms with Crippen molar-refractivity contribution in [3.05, 3.63) is 65.0 Å². The lowest BCUT2D eigenvalue weighted by Crippen LogP contribution is -2.44. The zero-order chi connectivity index (χ0) is 18.4. The largest absolute Gasteiger partial charge is 0.369 e. The van der Waals surface area contributed by atoms with Crippen LogP contribution in [0.15, 0.2) is 59.4 Å². The zero-order valence-corrected chi connectivity index (χ0v) is 15.3. The van der Waals surface area contributed by atoms with E-state index in [4.69, 9.17) is 0 Å². The first-order valence-corrected chi connectivity index (χ1v) is 9.37. The predicted molar refractivity (Wildman–Crippen MR) is 111 cm³/mol. The van der Waals surface area contributed by atoms with Crippen molar-refractivity contribution in [1.29, 1.82) is 0 Å². The molecule has 1 fully saturated rings. The standard InChI is InChI=1S/C22H22N4O/c1-25-9-11-26(12-10-25)16-7-8-18-15(13-16)14-20(23-18)21-17-5-3-2-4-6-19(17)24-22(21)27/h2-8,13-14,23H,9-12H2,1H3,(H,24,27). The molecule has 5 heteroatoms. The Bertz CT molecular complexity index is 1130. The van der Waals surface area contributed by atoms with Gasteiger partial charge in [-0.3, -0.25) is 4.79 Å². The van der Waals surface area contributed by atoms with E-state index in [1.165, 1.54) is 5.69 Å². The lowest BCUT2D eigenvalue weighted by atomic mass is 10.1. The van der Waals surface area contributed by atoms with Crippen LogP contribution in [0, 0.1) is 0 Å². The van der Waals surface area contributed by atoms with Gasteiger partial charge in [-0.25, -0.2) is 0 Å². The normalized spacial score (nSPS) is 15.7. The molecule has 0 atom stereocenters. The van der Waals surface area contributed by atoms with Crippen LogP contribution in [0.2, 0.25) is 0 Å². The summed E-state index contributed by atoms with van der Waals surface area (Å²) in [6, 6.07) is 18.4. The highest BCUT2D eigenvalue weighted by Gasteiger charge is 2.18. The average Bonchev–Trinajstić information content (AvgIpc) is 3.13. The maximum atomic E-state index is 12.6. The van der Waals surface area contributed by atoms with Crippen molar-refractivity contribution < 1.29 is 0 Å². The molecular formula is C22H22N4O. The van der Waals surface area contributed by atoms with Gasteiger partial charge in [-0.05, 0) is 37.4 Å². The third-order valence-corrected chi connectivity index (χ3v) is 5.52. The van der Waals surface area contributed by atoms with Crippen molar-refractivity contribution in [1.82, 2.24) is 14.9 Å². The number of aromatic amines is 2. The third-order valence-electron chi connectivity index (χ3n) is 5.52. The average molecular weight is 358 g/mol. The van der Waals surface area contributed by atoms with E-state index in [2.05, 4.69) is 51.1 Å². The second-order valence-electron chi connectivity index (χ2n) is 7.31. The quantitative estimate of drug-likeness (QED) is 0.578. The van der Waals surface area contributed by atoms with Crippen molar-refractivity contribution in [3.63, 3.8) is 0 Å². The topological polar surface area (TPSA) is 55.1 Å². The zero-order valence-electron chi connectivity index (χ0n) is 15.3. The number of rotatable bonds is 2. The monoisotopic (exact) mass is 358 g/mol. The van der Waals surface area contributed by atoms with E-state index in [0.717, 1.165) is 54.0 Å². The fourth-order valence-electron chi connectivity index (χ4n) is 3.96. The lowest BCUT2D eigenvalue weighted by molar-refractivity contribution is 0.313. The molecule has 3 aliphatic rings. The van der Waals surface area contributed by atoms with Crippen molar-refractivity contribution in [3.8, 4) is 22.5 Å². The Morgan fingerprint density at radius 2 is 1.67 bits per heavy atom. The third kappa shape index (κ3) is 2.80. The summed E-state index contributed by atoms with van der Waals surface area (Å²) in [7, 11) is 2.17. The van der Waals surface area contributed by atoms with Crippen LogP contribution < -0.4 is 10.5 Å². The molecule has 3 heterocycles. The molecule has 1 saturated heterocycles. The van der Waals surface area contributed by atoms with Crippen LogP contribution in [0.1, 0.15) is 0 Å². The predicted octanol–water partition coefficient (Wildman–Crippen LogP) is 3.38. The van der Waals surface area contributed by atoms with Gasteiger partial charge in [-0.15, -0.1) is 0 Å². The SMILES string of the molecule is CN1CCN(c2ccc3[nH]c(-c4c5cccccc-5[nH]c4=O)cc3c2)CC1. The van der Waals surface area contributed by atoms with Gasteiger partial charge in [0.15, 0.2) is 0 Å². The molecule has 2 aromatic rings. The molecule has 5 nitrogen and oxygen atoms in total. The Morgan fingerprint density at radius 1 is 0.852 bits per heavy atom. The lowest BCUT2D eigenvalue weighted by Gasteiger charge is -2.34. The molecule has 0 unspecified atom stereocenters. The number of benzene rings is 1. The summed E-state index contributed by atoms with van der Waals surface area (Å²) in [6.45, 7) is 4.26. The van der Waals surface area contributed by atoms with Gasteiger partial charge in [0.1, 0.15) is 0 Å². The maximum absolute atomic E-state index is 12.6. The van der Waals surface area contributed by atoms with Gasteiger partial charge in [-0.1, -0.05) is 24.3 Å². The minimum absolute atomic E-state index is 0.0537. The van der Waals surface area contributed by atoms with Crippen LogP contribution >= 0.6 is 0 Å². The fourth-order valence-corrected chi connectivity index (χ4v) is 3.96. The minimum atomic E-state index is -0.0537. The molecule has 2 N–H and O–H groups in total. The number of hydrogen-bond acceptors (Lipinski definition) is 3. The molecule has 0 radical (unpaired) electrons. The first-order valence-electron chi connectivity index (χ1n) is 9.37. The number of hydrogen-bond donors (Lipinski definition) is 2. The van der Waals surface area contributed by atoms with E-state index in [0.29, 0.717) is 5.56 Å². The van der Waals surface area contributed by atoms with E-state index >= 15 is 0 Å². The van der Waals surface area contributed by atoms with Crippen LogP contribution in [0.3, 0.4) is 0 Å². The highest BCUT2D eigenvalue weighted by molar-refractivity contribution is 5.92. The Morgan fingerprint density at radius 3 is 2.52 bits per heavy atom. The molecule has 5 rings (SSSR count). The molecule has 27 heavy (non-hydrogen) atoms. The van der Waals surface area contributed by atoms with Gasteiger partial charge >= 0.3 is 0 Å². The molecule has 1 aromatic carbocycles. The van der Waals surface area contributed by atoms with Gasteiger partial charge < -0.3 is 19.8 Å². The van der Waals surface area contributed by atoms with Crippen LogP contribution in [0.25, 0.3) is 33.4 Å². The van der Waals surface area contributed by atoms with Crippen LogP contribution in [-0.2, 0) is 0 Å². The summed E-state index contributed by atoms with van der Waals surface area (Å²) in [5, 5.41) is 1.13. The maximum Gasteiger partial charge on any atom is 0.258 e. The second-order valence-corrected chi connectivity index (χ2v) is 7.31. The Labute approximate surface area is 157 Å². The van der Waals surface area contributed by atoms with E-state index in [1.54, 1.807) is 0 Å². The van der Waals surface area contributed by atoms with Crippen molar-refractivity contribution in [2.75, 3.05) is 38.1 Å². The molecule has 2 aliphatic heterocycles. The molecule has 0 amide bonds. The Kier molecular flexibility index (Phi) is 3.76. The highest BCUT2D eigenvalue weighted by atomic mass is 16.1. The molecule has 136 valence electrons. The minimum Gasteiger partial charge on any atom is -0.369 e. The molecular weight excluding hydrogens is 336 g/mol. The fraction of sp³-hybridized carbons (Fsp3) is 0.227. The number of aromatic nitrogens is 2. The molecule has 0 bridgehead atoms. The number of H-pyrrole nitrogens is 2. The summed E-state index contributed by atoms with van der Waals surface area (Å²) in [4.78, 5) is 23.8. The summed E-state index contributed by atoms with van der Waals surface area (Å²) in [5.74, 6) is 0. The van der Waals surface area contributed by atoms with Crippen molar-refractivity contribution >= 4 is 16.6 Å². The molecule has 0 saturated carbocycles. The van der Waals surface area contributed by atoms with Crippen molar-refractivity contribution in [2.45, 2.75) is 0 Å². The van der Waals surface area contributed by atoms with Gasteiger partial charge in [0.2, 0.25) is 0 Å². The van der Waals surface area contributed by atoms with Crippen LogP contribution in [-0.4, -0.2) is 48.1 Å². The van der Waals surface area contributed by atoms with Crippen LogP contribution in [0.5, 0.6) is 0 Å². The van der Waals surface area contributed by atoms with E-state index in [1.807, 2.05) is 30.3 Å². The summed E-state index contributed by atoms with van der Waals surface area (Å²) in [6.07, 6.45) is 0. The number of piperazine rings is 1. The summed E-state index contributed by atoms with van der Waals surface area (Å²) >= 11 is 0. The van der Waals surface area contributed by atoms with Crippen molar-refractivity contribution in [2.24, 2.45) is 0 Å². The second kappa shape index (κ2) is 6.28. The van der Waals surface area contributed by atoms with Crippen LogP contribution in [0.4, 0.5) is 5.69 Å². The van der Waals surface area contributed by atoms with E-state index in [9.17, 15) is 4.79 Å². The first kappa shape index (κ1) is 16.1. The van der Waals surface area contributed by atoms with Gasteiger partial charge in [0, 0.05) is 54.0 Å². The Hall–Kier alpha value is -3.05.